The molecule has 3 rings (SSSR count). The molecule has 1 atom stereocenters. The lowest BCUT2D eigenvalue weighted by molar-refractivity contribution is -0.147. The first-order valence-electron chi connectivity index (χ1n) is 5.96. The van der Waals surface area contributed by atoms with Gasteiger partial charge in [0.15, 0.2) is 5.82 Å². The summed E-state index contributed by atoms with van der Waals surface area (Å²) in [5.41, 5.74) is 0.647. The number of aromatic nitrogens is 3. The van der Waals surface area contributed by atoms with Crippen LogP contribution in [0.4, 0.5) is 17.6 Å². The lowest BCUT2D eigenvalue weighted by atomic mass is 10.0. The van der Waals surface area contributed by atoms with Crippen LogP contribution >= 0.6 is 0 Å². The summed E-state index contributed by atoms with van der Waals surface area (Å²) < 4.78 is 52.4. The number of halogens is 4. The van der Waals surface area contributed by atoms with E-state index in [4.69, 9.17) is 0 Å². The summed E-state index contributed by atoms with van der Waals surface area (Å²) in [6.07, 6.45) is -4.53. The molecule has 8 heteroatoms. The zero-order chi connectivity index (χ0) is 14.3. The summed E-state index contributed by atoms with van der Waals surface area (Å²) in [5.74, 6) is -1.21. The molecule has 4 nitrogen and oxygen atoms in total. The summed E-state index contributed by atoms with van der Waals surface area (Å²) in [7, 11) is 0. The van der Waals surface area contributed by atoms with Crippen molar-refractivity contribution in [3.8, 4) is 0 Å². The van der Waals surface area contributed by atoms with E-state index in [1.54, 1.807) is 0 Å². The maximum absolute atomic E-state index is 12.9. The van der Waals surface area contributed by atoms with E-state index in [1.165, 1.54) is 24.3 Å². The Balaban J connectivity index is 2.03. The third kappa shape index (κ3) is 2.15. The highest BCUT2D eigenvalue weighted by molar-refractivity contribution is 5.27. The minimum absolute atomic E-state index is 0.148. The molecule has 0 saturated carbocycles. The molecule has 0 bridgehead atoms. The fraction of sp³-hybridized carbons (Fsp3) is 0.333. The molecule has 1 aromatic heterocycles. The van der Waals surface area contributed by atoms with Crippen molar-refractivity contribution in [1.82, 2.24) is 20.1 Å². The molecule has 0 aliphatic carbocycles. The van der Waals surface area contributed by atoms with Crippen molar-refractivity contribution in [2.24, 2.45) is 0 Å². The Morgan fingerprint density at radius 1 is 1.15 bits per heavy atom. The van der Waals surface area contributed by atoms with Crippen LogP contribution in [0.3, 0.4) is 0 Å². The monoisotopic (exact) mass is 286 g/mol. The number of rotatable bonds is 1. The SMILES string of the molecule is Fc1ccc(C2NCCn3c2nnc3C(F)(F)F)cc1. The molecule has 1 aliphatic heterocycles. The van der Waals surface area contributed by atoms with Crippen molar-refractivity contribution in [2.75, 3.05) is 6.54 Å². The van der Waals surface area contributed by atoms with Crippen LogP contribution in [0.25, 0.3) is 0 Å². The third-order valence-corrected chi connectivity index (χ3v) is 3.18. The molecule has 1 aliphatic rings. The van der Waals surface area contributed by atoms with Crippen LogP contribution in [-0.4, -0.2) is 21.3 Å². The predicted octanol–water partition coefficient (Wildman–Crippen LogP) is 2.13. The number of hydrogen-bond donors (Lipinski definition) is 1. The first-order chi connectivity index (χ1) is 9.47. The van der Waals surface area contributed by atoms with Crippen LogP contribution in [-0.2, 0) is 12.7 Å². The fourth-order valence-electron chi connectivity index (χ4n) is 2.29. The first kappa shape index (κ1) is 13.0. The standard InChI is InChI=1S/C12H10F4N4/c13-8-3-1-7(2-4-8)9-10-18-19-11(12(14,15)16)20(10)6-5-17-9/h1-4,9,17H,5-6H2. The van der Waals surface area contributed by atoms with Crippen molar-refractivity contribution in [3.63, 3.8) is 0 Å². The highest BCUT2D eigenvalue weighted by Gasteiger charge is 2.40. The minimum Gasteiger partial charge on any atom is -0.304 e. The second-order valence-corrected chi connectivity index (χ2v) is 4.47. The Morgan fingerprint density at radius 2 is 1.85 bits per heavy atom. The van der Waals surface area contributed by atoms with Crippen molar-refractivity contribution >= 4 is 0 Å². The number of alkyl halides is 3. The molecule has 2 heterocycles. The molecule has 1 N–H and O–H groups in total. The van der Waals surface area contributed by atoms with E-state index < -0.39 is 23.9 Å². The summed E-state index contributed by atoms with van der Waals surface area (Å²) in [4.78, 5) is 0. The Kier molecular flexibility index (Phi) is 2.97. The van der Waals surface area contributed by atoms with Crippen LogP contribution in [0.5, 0.6) is 0 Å². The molecule has 1 aromatic carbocycles. The summed E-state index contributed by atoms with van der Waals surface area (Å²) in [6, 6.07) is 5.04. The Hall–Kier alpha value is -1.96. The minimum atomic E-state index is -4.53. The van der Waals surface area contributed by atoms with Gasteiger partial charge in [0.05, 0.1) is 6.04 Å². The predicted molar refractivity (Wildman–Crippen MR) is 61.3 cm³/mol. The first-order valence-corrected chi connectivity index (χ1v) is 5.96. The number of fused-ring (bicyclic) bond motifs is 1. The van der Waals surface area contributed by atoms with Crippen LogP contribution < -0.4 is 5.32 Å². The zero-order valence-electron chi connectivity index (χ0n) is 10.2. The van der Waals surface area contributed by atoms with Gasteiger partial charge in [-0.15, -0.1) is 10.2 Å². The number of benzene rings is 1. The van der Waals surface area contributed by atoms with E-state index in [-0.39, 0.29) is 12.4 Å². The van der Waals surface area contributed by atoms with Gasteiger partial charge in [0, 0.05) is 13.1 Å². The molecule has 20 heavy (non-hydrogen) atoms. The van der Waals surface area contributed by atoms with Crippen molar-refractivity contribution < 1.29 is 17.6 Å². The lowest BCUT2D eigenvalue weighted by Crippen LogP contribution is -2.35. The molecule has 0 spiro atoms. The third-order valence-electron chi connectivity index (χ3n) is 3.18. The number of hydrogen-bond acceptors (Lipinski definition) is 3. The molecule has 0 radical (unpaired) electrons. The van der Waals surface area contributed by atoms with Crippen LogP contribution in [0, 0.1) is 5.82 Å². The number of nitrogens with one attached hydrogen (secondary N) is 1. The van der Waals surface area contributed by atoms with Gasteiger partial charge in [-0.2, -0.15) is 13.2 Å². The maximum atomic E-state index is 12.9. The van der Waals surface area contributed by atoms with Crippen molar-refractivity contribution in [1.29, 1.82) is 0 Å². The Bertz CT molecular complexity index is 617. The zero-order valence-corrected chi connectivity index (χ0v) is 10.2. The molecular weight excluding hydrogens is 276 g/mol. The van der Waals surface area contributed by atoms with Gasteiger partial charge in [-0.1, -0.05) is 12.1 Å². The van der Waals surface area contributed by atoms with Crippen molar-refractivity contribution in [2.45, 2.75) is 18.8 Å². The van der Waals surface area contributed by atoms with Gasteiger partial charge in [0.1, 0.15) is 5.82 Å². The molecule has 0 saturated heterocycles. The van der Waals surface area contributed by atoms with Gasteiger partial charge in [0.2, 0.25) is 5.82 Å². The molecule has 106 valence electrons. The van der Waals surface area contributed by atoms with E-state index >= 15 is 0 Å². The van der Waals surface area contributed by atoms with Crippen LogP contribution in [0.1, 0.15) is 23.3 Å². The average Bonchev–Trinajstić information content (AvgIpc) is 2.83. The van der Waals surface area contributed by atoms with Crippen molar-refractivity contribution in [3.05, 3.63) is 47.3 Å². The van der Waals surface area contributed by atoms with E-state index in [1.807, 2.05) is 0 Å². The highest BCUT2D eigenvalue weighted by Crippen LogP contribution is 2.32. The van der Waals surface area contributed by atoms with E-state index in [0.717, 1.165) is 4.57 Å². The summed E-state index contributed by atoms with van der Waals surface area (Å²) in [6.45, 7) is 0.505. The van der Waals surface area contributed by atoms with E-state index in [9.17, 15) is 17.6 Å². The quantitative estimate of drug-likeness (QED) is 0.817. The van der Waals surface area contributed by atoms with E-state index in [0.29, 0.717) is 12.1 Å². The summed E-state index contributed by atoms with van der Waals surface area (Å²) >= 11 is 0. The molecule has 2 aromatic rings. The van der Waals surface area contributed by atoms with Gasteiger partial charge in [-0.3, -0.25) is 0 Å². The van der Waals surface area contributed by atoms with Gasteiger partial charge < -0.3 is 9.88 Å². The summed E-state index contributed by atoms with van der Waals surface area (Å²) in [5, 5.41) is 9.94. The average molecular weight is 286 g/mol. The van der Waals surface area contributed by atoms with Gasteiger partial charge in [-0.25, -0.2) is 4.39 Å². The van der Waals surface area contributed by atoms with E-state index in [2.05, 4.69) is 15.5 Å². The second-order valence-electron chi connectivity index (χ2n) is 4.47. The van der Waals surface area contributed by atoms with Crippen LogP contribution in [0.15, 0.2) is 24.3 Å². The fourth-order valence-corrected chi connectivity index (χ4v) is 2.29. The van der Waals surface area contributed by atoms with Gasteiger partial charge in [-0.05, 0) is 17.7 Å². The second kappa shape index (κ2) is 4.55. The van der Waals surface area contributed by atoms with Gasteiger partial charge in [0.25, 0.3) is 0 Å². The lowest BCUT2D eigenvalue weighted by Gasteiger charge is -2.25. The molecule has 1 unspecified atom stereocenters. The number of nitrogens with zero attached hydrogens (tertiary/aromatic N) is 3. The molecular formula is C12H10F4N4. The normalized spacial score (nSPS) is 18.9. The Morgan fingerprint density at radius 3 is 2.50 bits per heavy atom. The van der Waals surface area contributed by atoms with Gasteiger partial charge >= 0.3 is 6.18 Å². The Labute approximate surface area is 111 Å². The maximum Gasteiger partial charge on any atom is 0.451 e. The molecule has 0 amide bonds. The molecule has 0 fully saturated rings. The van der Waals surface area contributed by atoms with Crippen LogP contribution in [0.2, 0.25) is 0 Å². The largest absolute Gasteiger partial charge is 0.451 e. The smallest absolute Gasteiger partial charge is 0.304 e. The highest BCUT2D eigenvalue weighted by atomic mass is 19.4. The topological polar surface area (TPSA) is 42.7 Å².